The smallest absolute Gasteiger partial charge is 0.184 e. The van der Waals surface area contributed by atoms with E-state index in [1.807, 2.05) is 0 Å². The summed E-state index contributed by atoms with van der Waals surface area (Å²) in [5.74, 6) is 0.935. The van der Waals surface area contributed by atoms with Gasteiger partial charge in [-0.25, -0.2) is 0 Å². The van der Waals surface area contributed by atoms with Crippen molar-refractivity contribution in [3.8, 4) is 0 Å². The lowest BCUT2D eigenvalue weighted by molar-refractivity contribution is 0.229. The number of rotatable bonds is 1. The van der Waals surface area contributed by atoms with Crippen LogP contribution in [0.1, 0.15) is 34.1 Å². The topological polar surface area (TPSA) is 21.6 Å². The maximum Gasteiger partial charge on any atom is 0.184 e. The highest BCUT2D eigenvalue weighted by Crippen LogP contribution is 2.22. The third-order valence-corrected chi connectivity index (χ3v) is 1.54. The monoisotopic (exact) mass is 155 g/mol. The van der Waals surface area contributed by atoms with Crippen molar-refractivity contribution in [2.45, 2.75) is 40.2 Å². The van der Waals surface area contributed by atoms with Crippen LogP contribution in [0.25, 0.3) is 0 Å². The van der Waals surface area contributed by atoms with Crippen molar-refractivity contribution in [3.63, 3.8) is 0 Å². The first kappa shape index (κ1) is 8.57. The van der Waals surface area contributed by atoms with Gasteiger partial charge in [-0.3, -0.25) is 4.99 Å². The summed E-state index contributed by atoms with van der Waals surface area (Å²) in [6.45, 7) is 9.48. The van der Waals surface area contributed by atoms with Crippen LogP contribution in [0.5, 0.6) is 0 Å². The molecule has 1 aliphatic rings. The van der Waals surface area contributed by atoms with Crippen molar-refractivity contribution in [2.24, 2.45) is 10.4 Å². The van der Waals surface area contributed by atoms with E-state index >= 15 is 0 Å². The third-order valence-electron chi connectivity index (χ3n) is 1.54. The van der Waals surface area contributed by atoms with Crippen LogP contribution < -0.4 is 0 Å². The summed E-state index contributed by atoms with van der Waals surface area (Å²) in [5, 5.41) is 0. The predicted molar refractivity (Wildman–Crippen MR) is 46.9 cm³/mol. The molecule has 1 atom stereocenters. The van der Waals surface area contributed by atoms with Crippen LogP contribution in [0.2, 0.25) is 0 Å². The molecule has 1 unspecified atom stereocenters. The van der Waals surface area contributed by atoms with Gasteiger partial charge in [-0.15, -0.1) is 0 Å². The largest absolute Gasteiger partial charge is 0.476 e. The fraction of sp³-hybridized carbons (Fsp3) is 0.889. The number of nitrogens with zero attached hydrogens (tertiary/aromatic N) is 1. The van der Waals surface area contributed by atoms with Crippen molar-refractivity contribution in [1.29, 1.82) is 0 Å². The fourth-order valence-corrected chi connectivity index (χ4v) is 1.09. The number of hydrogen-bond acceptors (Lipinski definition) is 2. The van der Waals surface area contributed by atoms with E-state index in [-0.39, 0.29) is 0 Å². The lowest BCUT2D eigenvalue weighted by Crippen LogP contribution is -2.15. The Kier molecular flexibility index (Phi) is 2.21. The molecule has 1 aliphatic heterocycles. The van der Waals surface area contributed by atoms with Gasteiger partial charge in [0.05, 0.1) is 6.54 Å². The molecule has 2 nitrogen and oxygen atoms in total. The van der Waals surface area contributed by atoms with E-state index in [1.54, 1.807) is 0 Å². The van der Waals surface area contributed by atoms with Gasteiger partial charge < -0.3 is 4.74 Å². The number of ether oxygens (including phenoxy) is 1. The van der Waals surface area contributed by atoms with Crippen molar-refractivity contribution >= 4 is 5.90 Å². The Morgan fingerprint density at radius 1 is 1.55 bits per heavy atom. The van der Waals surface area contributed by atoms with Crippen LogP contribution in [-0.2, 0) is 4.74 Å². The highest BCUT2D eigenvalue weighted by molar-refractivity contribution is 5.78. The average molecular weight is 155 g/mol. The van der Waals surface area contributed by atoms with Gasteiger partial charge in [0.25, 0.3) is 0 Å². The van der Waals surface area contributed by atoms with E-state index in [1.165, 1.54) is 0 Å². The number of aliphatic imine (C=N–C) groups is 1. The summed E-state index contributed by atoms with van der Waals surface area (Å²) >= 11 is 0. The van der Waals surface area contributed by atoms with Crippen molar-refractivity contribution < 1.29 is 4.74 Å². The zero-order valence-electron chi connectivity index (χ0n) is 7.85. The summed E-state index contributed by atoms with van der Waals surface area (Å²) in [6.07, 6.45) is 1.25. The summed E-state index contributed by atoms with van der Waals surface area (Å²) in [4.78, 5) is 4.30. The highest BCUT2D eigenvalue weighted by atomic mass is 16.5. The van der Waals surface area contributed by atoms with E-state index in [2.05, 4.69) is 32.7 Å². The fourth-order valence-electron chi connectivity index (χ4n) is 1.09. The second-order valence-electron chi connectivity index (χ2n) is 4.40. The first-order valence-electron chi connectivity index (χ1n) is 4.17. The van der Waals surface area contributed by atoms with Crippen LogP contribution in [-0.4, -0.2) is 18.5 Å². The van der Waals surface area contributed by atoms with E-state index in [0.717, 1.165) is 18.9 Å². The summed E-state index contributed by atoms with van der Waals surface area (Å²) in [7, 11) is 0. The molecular weight excluding hydrogens is 138 g/mol. The van der Waals surface area contributed by atoms with Gasteiger partial charge in [-0.1, -0.05) is 20.8 Å². The molecule has 11 heavy (non-hydrogen) atoms. The molecule has 1 heterocycles. The molecule has 0 radical (unpaired) electrons. The minimum atomic E-state index is 0.295. The zero-order chi connectivity index (χ0) is 8.48. The molecule has 0 bridgehead atoms. The standard InChI is InChI=1S/C9H17NO/c1-7-6-10-8(11-7)5-9(2,3)4/h7H,5-6H2,1-4H3. The minimum Gasteiger partial charge on any atom is -0.476 e. The van der Waals surface area contributed by atoms with Crippen LogP contribution in [0, 0.1) is 5.41 Å². The normalized spacial score (nSPS) is 24.7. The van der Waals surface area contributed by atoms with E-state index in [4.69, 9.17) is 4.74 Å². The molecule has 0 aromatic rings. The molecule has 0 aromatic heterocycles. The van der Waals surface area contributed by atoms with Gasteiger partial charge >= 0.3 is 0 Å². The molecule has 0 aromatic carbocycles. The molecule has 1 rings (SSSR count). The first-order chi connectivity index (χ1) is 4.97. The lowest BCUT2D eigenvalue weighted by Gasteiger charge is -2.17. The van der Waals surface area contributed by atoms with Gasteiger partial charge in [-0.05, 0) is 12.3 Å². The Labute approximate surface area is 68.7 Å². The highest BCUT2D eigenvalue weighted by Gasteiger charge is 2.20. The Bertz CT molecular complexity index is 167. The maximum absolute atomic E-state index is 5.49. The Hall–Kier alpha value is -0.530. The molecule has 0 aliphatic carbocycles. The predicted octanol–water partition coefficient (Wildman–Crippen LogP) is 2.24. The van der Waals surface area contributed by atoms with Crippen molar-refractivity contribution in [1.82, 2.24) is 0 Å². The van der Waals surface area contributed by atoms with Crippen molar-refractivity contribution in [3.05, 3.63) is 0 Å². The van der Waals surface area contributed by atoms with Crippen LogP contribution >= 0.6 is 0 Å². The molecule has 2 heteroatoms. The second-order valence-corrected chi connectivity index (χ2v) is 4.40. The molecule has 64 valence electrons. The molecule has 0 saturated carbocycles. The quantitative estimate of drug-likeness (QED) is 0.569. The van der Waals surface area contributed by atoms with Crippen molar-refractivity contribution in [2.75, 3.05) is 6.54 Å². The summed E-state index contributed by atoms with van der Waals surface area (Å²) < 4.78 is 5.49. The van der Waals surface area contributed by atoms with E-state index in [0.29, 0.717) is 11.5 Å². The molecule has 0 fully saturated rings. The van der Waals surface area contributed by atoms with Gasteiger partial charge in [-0.2, -0.15) is 0 Å². The van der Waals surface area contributed by atoms with Gasteiger partial charge in [0.1, 0.15) is 6.10 Å². The summed E-state index contributed by atoms with van der Waals surface area (Å²) in [6, 6.07) is 0. The second kappa shape index (κ2) is 2.84. The number of hydrogen-bond donors (Lipinski definition) is 0. The Morgan fingerprint density at radius 3 is 2.55 bits per heavy atom. The zero-order valence-corrected chi connectivity index (χ0v) is 7.85. The first-order valence-corrected chi connectivity index (χ1v) is 4.17. The molecule has 0 spiro atoms. The third kappa shape index (κ3) is 2.91. The average Bonchev–Trinajstić information content (AvgIpc) is 2.10. The Morgan fingerprint density at radius 2 is 2.18 bits per heavy atom. The Balaban J connectivity index is 2.40. The summed E-state index contributed by atoms with van der Waals surface area (Å²) in [5.41, 5.74) is 0.295. The van der Waals surface area contributed by atoms with Crippen LogP contribution in [0.3, 0.4) is 0 Å². The lowest BCUT2D eigenvalue weighted by atomic mass is 9.92. The molecular formula is C9H17NO. The van der Waals surface area contributed by atoms with E-state index in [9.17, 15) is 0 Å². The van der Waals surface area contributed by atoms with Crippen LogP contribution in [0.4, 0.5) is 0 Å². The molecule has 0 N–H and O–H groups in total. The van der Waals surface area contributed by atoms with Crippen LogP contribution in [0.15, 0.2) is 4.99 Å². The SMILES string of the molecule is CC1CN=C(CC(C)(C)C)O1. The van der Waals surface area contributed by atoms with E-state index < -0.39 is 0 Å². The maximum atomic E-state index is 5.49. The van der Waals surface area contributed by atoms with Gasteiger partial charge in [0, 0.05) is 6.42 Å². The molecule has 0 amide bonds. The minimum absolute atomic E-state index is 0.295. The molecule has 0 saturated heterocycles. The van der Waals surface area contributed by atoms with Gasteiger partial charge in [0.15, 0.2) is 5.90 Å². The van der Waals surface area contributed by atoms with Gasteiger partial charge in [0.2, 0.25) is 0 Å².